The monoisotopic (exact) mass is 362 g/mol. The summed E-state index contributed by atoms with van der Waals surface area (Å²) in [4.78, 5) is 33.3. The lowest BCUT2D eigenvalue weighted by atomic mass is 10.2. The maximum Gasteiger partial charge on any atom is 0.323 e. The molecule has 0 fully saturated rings. The summed E-state index contributed by atoms with van der Waals surface area (Å²) in [6.07, 6.45) is 0. The summed E-state index contributed by atoms with van der Waals surface area (Å²) in [5.74, 6) is -0.734. The third-order valence-corrected chi connectivity index (χ3v) is 4.69. The largest absolute Gasteiger partial charge is 0.323 e. The van der Waals surface area contributed by atoms with E-state index in [4.69, 9.17) is 0 Å². The summed E-state index contributed by atoms with van der Waals surface area (Å²) in [5, 5.41) is 15.5. The van der Waals surface area contributed by atoms with Crippen LogP contribution in [0.3, 0.4) is 0 Å². The molecule has 0 unspecified atom stereocenters. The topological polar surface area (TPSA) is 148 Å². The number of sulfonamides is 1. The third kappa shape index (κ3) is 3.26. The second-order valence-corrected chi connectivity index (χ2v) is 6.68. The Morgan fingerprint density at radius 3 is 2.44 bits per heavy atom. The summed E-state index contributed by atoms with van der Waals surface area (Å²) in [7, 11) is -3.93. The Balaban J connectivity index is 1.77. The molecular weight excluding hydrogens is 352 g/mol. The summed E-state index contributed by atoms with van der Waals surface area (Å²) in [5.41, 5.74) is 0.134. The highest BCUT2D eigenvalue weighted by Crippen LogP contribution is 2.26. The molecule has 2 aromatic carbocycles. The van der Waals surface area contributed by atoms with Crippen molar-refractivity contribution in [2.24, 2.45) is 0 Å². The van der Waals surface area contributed by atoms with Crippen LogP contribution in [0.15, 0.2) is 47.4 Å². The van der Waals surface area contributed by atoms with E-state index in [2.05, 4.69) is 10.6 Å². The van der Waals surface area contributed by atoms with Gasteiger partial charge in [-0.3, -0.25) is 14.9 Å². The molecule has 3 rings (SSSR count). The molecule has 10 nitrogen and oxygen atoms in total. The Bertz CT molecular complexity index is 1020. The number of hydrogen-bond donors (Lipinski definition) is 3. The summed E-state index contributed by atoms with van der Waals surface area (Å²) < 4.78 is 25.4. The van der Waals surface area contributed by atoms with Crippen molar-refractivity contribution in [3.05, 3.63) is 58.1 Å². The second kappa shape index (κ2) is 5.87. The van der Waals surface area contributed by atoms with E-state index in [0.717, 1.165) is 6.07 Å². The molecular formula is C14H10N4O6S. The molecule has 0 atom stereocenters. The molecule has 1 heterocycles. The number of anilines is 2. The van der Waals surface area contributed by atoms with Crippen LogP contribution < -0.4 is 15.4 Å². The van der Waals surface area contributed by atoms with Crippen molar-refractivity contribution >= 4 is 39.0 Å². The van der Waals surface area contributed by atoms with Gasteiger partial charge in [-0.25, -0.2) is 17.9 Å². The predicted octanol–water partition coefficient (Wildman–Crippen LogP) is 1.67. The van der Waals surface area contributed by atoms with Crippen LogP contribution in [-0.2, 0) is 10.0 Å². The van der Waals surface area contributed by atoms with Crippen LogP contribution >= 0.6 is 0 Å². The molecule has 2 aromatic rings. The fourth-order valence-electron chi connectivity index (χ4n) is 2.23. The number of urea groups is 1. The van der Waals surface area contributed by atoms with Crippen molar-refractivity contribution in [2.75, 3.05) is 10.6 Å². The van der Waals surface area contributed by atoms with Gasteiger partial charge in [-0.1, -0.05) is 6.07 Å². The van der Waals surface area contributed by atoms with E-state index < -0.39 is 26.9 Å². The molecule has 0 saturated heterocycles. The summed E-state index contributed by atoms with van der Waals surface area (Å²) >= 11 is 0. The van der Waals surface area contributed by atoms with E-state index in [1.54, 1.807) is 0 Å². The highest BCUT2D eigenvalue weighted by atomic mass is 32.2. The van der Waals surface area contributed by atoms with Crippen LogP contribution in [0.4, 0.5) is 21.9 Å². The fourth-order valence-corrected chi connectivity index (χ4v) is 3.43. The van der Waals surface area contributed by atoms with E-state index in [1.165, 1.54) is 36.4 Å². The first kappa shape index (κ1) is 16.4. The first-order valence-electron chi connectivity index (χ1n) is 6.80. The third-order valence-electron chi connectivity index (χ3n) is 3.32. The van der Waals surface area contributed by atoms with Crippen molar-refractivity contribution in [2.45, 2.75) is 4.90 Å². The molecule has 0 bridgehead atoms. The predicted molar refractivity (Wildman–Crippen MR) is 86.8 cm³/mol. The van der Waals surface area contributed by atoms with Gasteiger partial charge in [0.15, 0.2) is 0 Å². The number of rotatable bonds is 3. The van der Waals surface area contributed by atoms with Gasteiger partial charge >= 0.3 is 6.03 Å². The van der Waals surface area contributed by atoms with Gasteiger partial charge in [0.2, 0.25) is 0 Å². The standard InChI is InChI=1S/C14H10N4O6S/c19-13-11-5-4-9(7-12(11)25(23,24)17-13)16-14(20)15-8-2-1-3-10(6-8)18(21)22/h1-7H,(H,17,19)(H2,15,16,20). The molecule has 0 radical (unpaired) electrons. The van der Waals surface area contributed by atoms with Gasteiger partial charge in [0.1, 0.15) is 4.90 Å². The van der Waals surface area contributed by atoms with Gasteiger partial charge in [-0.2, -0.15) is 0 Å². The molecule has 0 aromatic heterocycles. The number of non-ortho nitro benzene ring substituents is 1. The maximum atomic E-state index is 12.0. The Morgan fingerprint density at radius 2 is 1.76 bits per heavy atom. The zero-order chi connectivity index (χ0) is 18.2. The van der Waals surface area contributed by atoms with E-state index in [1.807, 2.05) is 4.72 Å². The number of amides is 3. The molecule has 11 heteroatoms. The van der Waals surface area contributed by atoms with Gasteiger partial charge in [0.25, 0.3) is 21.6 Å². The van der Waals surface area contributed by atoms with Crippen molar-refractivity contribution in [1.29, 1.82) is 0 Å². The molecule has 0 saturated carbocycles. The van der Waals surface area contributed by atoms with E-state index in [9.17, 15) is 28.1 Å². The zero-order valence-corrected chi connectivity index (χ0v) is 13.2. The molecule has 128 valence electrons. The van der Waals surface area contributed by atoms with Crippen LogP contribution in [0.2, 0.25) is 0 Å². The van der Waals surface area contributed by atoms with Gasteiger partial charge < -0.3 is 10.6 Å². The number of nitrogens with one attached hydrogen (secondary N) is 3. The molecule has 3 N–H and O–H groups in total. The first-order valence-corrected chi connectivity index (χ1v) is 8.28. The van der Waals surface area contributed by atoms with Gasteiger partial charge in [-0.15, -0.1) is 0 Å². The van der Waals surface area contributed by atoms with Crippen molar-refractivity contribution in [1.82, 2.24) is 4.72 Å². The lowest BCUT2D eigenvalue weighted by molar-refractivity contribution is -0.384. The Morgan fingerprint density at radius 1 is 1.08 bits per heavy atom. The van der Waals surface area contributed by atoms with Gasteiger partial charge in [0, 0.05) is 23.5 Å². The zero-order valence-electron chi connectivity index (χ0n) is 12.3. The fraction of sp³-hybridized carbons (Fsp3) is 0. The summed E-state index contributed by atoms with van der Waals surface area (Å²) in [6, 6.07) is 8.39. The van der Waals surface area contributed by atoms with Crippen LogP contribution in [0.25, 0.3) is 0 Å². The minimum atomic E-state index is -3.93. The minimum absolute atomic E-state index is 0.00959. The average Bonchev–Trinajstić information content (AvgIpc) is 2.76. The SMILES string of the molecule is O=C(Nc1cccc([N+](=O)[O-])c1)Nc1ccc2c(c1)S(=O)(=O)NC2=O. The number of nitrogens with zero attached hydrogens (tertiary/aromatic N) is 1. The number of nitro groups is 1. The van der Waals surface area contributed by atoms with E-state index in [-0.39, 0.29) is 27.5 Å². The highest BCUT2D eigenvalue weighted by Gasteiger charge is 2.32. The quantitative estimate of drug-likeness (QED) is 0.559. The molecule has 1 aliphatic heterocycles. The Labute approximate surface area is 141 Å². The number of carbonyl (C=O) groups excluding carboxylic acids is 2. The summed E-state index contributed by atoms with van der Waals surface area (Å²) in [6.45, 7) is 0. The van der Waals surface area contributed by atoms with Crippen LogP contribution in [0, 0.1) is 10.1 Å². The van der Waals surface area contributed by atoms with Gasteiger partial charge in [0.05, 0.1) is 10.5 Å². The number of fused-ring (bicyclic) bond motifs is 1. The van der Waals surface area contributed by atoms with Crippen LogP contribution in [0.5, 0.6) is 0 Å². The highest BCUT2D eigenvalue weighted by molar-refractivity contribution is 7.90. The van der Waals surface area contributed by atoms with Crippen LogP contribution in [-0.4, -0.2) is 25.3 Å². The normalized spacial score (nSPS) is 14.3. The molecule has 0 aliphatic carbocycles. The minimum Gasteiger partial charge on any atom is -0.308 e. The molecule has 3 amide bonds. The lowest BCUT2D eigenvalue weighted by Crippen LogP contribution is -2.21. The molecule has 0 spiro atoms. The second-order valence-electron chi connectivity index (χ2n) is 5.03. The first-order chi connectivity index (χ1) is 11.8. The molecule has 1 aliphatic rings. The van der Waals surface area contributed by atoms with Crippen LogP contribution in [0.1, 0.15) is 10.4 Å². The lowest BCUT2D eigenvalue weighted by Gasteiger charge is -2.08. The Kier molecular flexibility index (Phi) is 3.85. The maximum absolute atomic E-state index is 12.0. The smallest absolute Gasteiger partial charge is 0.308 e. The van der Waals surface area contributed by atoms with Crippen molar-refractivity contribution in [3.63, 3.8) is 0 Å². The number of benzene rings is 2. The number of carbonyl (C=O) groups is 2. The van der Waals surface area contributed by atoms with E-state index >= 15 is 0 Å². The van der Waals surface area contributed by atoms with Crippen molar-refractivity contribution in [3.8, 4) is 0 Å². The Hall–Kier alpha value is -3.47. The molecule has 25 heavy (non-hydrogen) atoms. The van der Waals surface area contributed by atoms with Crippen molar-refractivity contribution < 1.29 is 22.9 Å². The van der Waals surface area contributed by atoms with E-state index in [0.29, 0.717) is 0 Å². The number of nitro benzene ring substituents is 1. The number of hydrogen-bond acceptors (Lipinski definition) is 6. The average molecular weight is 362 g/mol. The van der Waals surface area contributed by atoms with Gasteiger partial charge in [-0.05, 0) is 24.3 Å².